The predicted molar refractivity (Wildman–Crippen MR) is 78.4 cm³/mol. The van der Waals surface area contributed by atoms with E-state index in [-0.39, 0.29) is 17.1 Å². The lowest BCUT2D eigenvalue weighted by Gasteiger charge is -2.25. The molecule has 0 aromatic carbocycles. The van der Waals surface area contributed by atoms with Gasteiger partial charge in [-0.15, -0.1) is 0 Å². The van der Waals surface area contributed by atoms with E-state index in [4.69, 9.17) is 11.6 Å². The lowest BCUT2D eigenvalue weighted by molar-refractivity contribution is 0.0741. The molecule has 0 saturated carbocycles. The number of halogens is 1. The Balaban J connectivity index is 2.63. The molecule has 0 aliphatic carbocycles. The summed E-state index contributed by atoms with van der Waals surface area (Å²) in [6.07, 6.45) is 2.57. The van der Waals surface area contributed by atoms with Crippen LogP contribution in [0.1, 0.15) is 30.6 Å². The number of hydrogen-bond donors (Lipinski definition) is 0. The standard InChI is InChI=1S/C13H19ClN2OS/c1-4-18-9-7-10(2)16(3)13(17)11-6-5-8-15-12(11)14/h5-6,8,10H,4,7,9H2,1-3H3/t10-/m1/s1. The first kappa shape index (κ1) is 15.3. The largest absolute Gasteiger partial charge is 0.339 e. The average Bonchev–Trinajstić information content (AvgIpc) is 2.38. The molecule has 0 unspecified atom stereocenters. The maximum absolute atomic E-state index is 12.2. The molecule has 0 fully saturated rings. The van der Waals surface area contributed by atoms with Gasteiger partial charge in [-0.25, -0.2) is 4.98 Å². The second kappa shape index (κ2) is 7.64. The topological polar surface area (TPSA) is 33.2 Å². The Bertz CT molecular complexity index is 400. The minimum atomic E-state index is -0.0675. The minimum absolute atomic E-state index is 0.0675. The van der Waals surface area contributed by atoms with Crippen LogP contribution in [0.3, 0.4) is 0 Å². The molecule has 100 valence electrons. The highest BCUT2D eigenvalue weighted by atomic mass is 35.5. The van der Waals surface area contributed by atoms with Crippen molar-refractivity contribution in [2.24, 2.45) is 0 Å². The van der Waals surface area contributed by atoms with Crippen molar-refractivity contribution in [1.82, 2.24) is 9.88 Å². The Labute approximate surface area is 118 Å². The Hall–Kier alpha value is -0.740. The van der Waals surface area contributed by atoms with Crippen molar-refractivity contribution >= 4 is 29.3 Å². The molecule has 0 radical (unpaired) electrons. The van der Waals surface area contributed by atoms with Gasteiger partial charge in [0, 0.05) is 19.3 Å². The molecule has 0 N–H and O–H groups in total. The summed E-state index contributed by atoms with van der Waals surface area (Å²) >= 11 is 7.82. The third-order valence-corrected chi connectivity index (χ3v) is 4.09. The average molecular weight is 287 g/mol. The number of pyridine rings is 1. The summed E-state index contributed by atoms with van der Waals surface area (Å²) in [7, 11) is 1.81. The molecule has 3 nitrogen and oxygen atoms in total. The molecule has 0 aliphatic heterocycles. The van der Waals surface area contributed by atoms with Gasteiger partial charge >= 0.3 is 0 Å². The fourth-order valence-corrected chi connectivity index (χ4v) is 2.52. The summed E-state index contributed by atoms with van der Waals surface area (Å²) in [5.74, 6) is 2.11. The van der Waals surface area contributed by atoms with E-state index in [2.05, 4.69) is 18.8 Å². The van der Waals surface area contributed by atoms with Gasteiger partial charge in [0.1, 0.15) is 5.15 Å². The second-order valence-electron chi connectivity index (χ2n) is 4.09. The normalized spacial score (nSPS) is 12.2. The zero-order valence-corrected chi connectivity index (χ0v) is 12.6. The molecule has 1 heterocycles. The van der Waals surface area contributed by atoms with Crippen molar-refractivity contribution in [2.45, 2.75) is 26.3 Å². The lowest BCUT2D eigenvalue weighted by Crippen LogP contribution is -2.35. The van der Waals surface area contributed by atoms with Crippen molar-refractivity contribution in [3.63, 3.8) is 0 Å². The van der Waals surface area contributed by atoms with Crippen LogP contribution in [0.15, 0.2) is 18.3 Å². The van der Waals surface area contributed by atoms with Gasteiger partial charge in [-0.05, 0) is 37.0 Å². The van der Waals surface area contributed by atoms with Crippen LogP contribution in [-0.4, -0.2) is 40.4 Å². The molecule has 0 spiro atoms. The Kier molecular flexibility index (Phi) is 6.50. The highest BCUT2D eigenvalue weighted by Crippen LogP contribution is 2.16. The van der Waals surface area contributed by atoms with Crippen LogP contribution in [0.5, 0.6) is 0 Å². The number of rotatable bonds is 6. The molecule has 1 rings (SSSR count). The summed E-state index contributed by atoms with van der Waals surface area (Å²) < 4.78 is 0. The Morgan fingerprint density at radius 2 is 2.33 bits per heavy atom. The quantitative estimate of drug-likeness (QED) is 0.594. The van der Waals surface area contributed by atoms with E-state index in [9.17, 15) is 4.79 Å². The van der Waals surface area contributed by atoms with Crippen LogP contribution < -0.4 is 0 Å². The van der Waals surface area contributed by atoms with Crippen molar-refractivity contribution in [1.29, 1.82) is 0 Å². The van der Waals surface area contributed by atoms with Crippen LogP contribution in [0.2, 0.25) is 5.15 Å². The molecule has 1 atom stereocenters. The van der Waals surface area contributed by atoms with Crippen LogP contribution >= 0.6 is 23.4 Å². The van der Waals surface area contributed by atoms with E-state index < -0.39 is 0 Å². The number of carbonyl (C=O) groups excluding carboxylic acids is 1. The first-order valence-electron chi connectivity index (χ1n) is 6.03. The molecule has 5 heteroatoms. The summed E-state index contributed by atoms with van der Waals surface area (Å²) in [6.45, 7) is 4.19. The van der Waals surface area contributed by atoms with Crippen LogP contribution in [0.25, 0.3) is 0 Å². The molecule has 0 bridgehead atoms. The van der Waals surface area contributed by atoms with Crippen molar-refractivity contribution in [2.75, 3.05) is 18.6 Å². The fraction of sp³-hybridized carbons (Fsp3) is 0.538. The van der Waals surface area contributed by atoms with Crippen LogP contribution in [-0.2, 0) is 0 Å². The second-order valence-corrected chi connectivity index (χ2v) is 5.84. The third-order valence-electron chi connectivity index (χ3n) is 2.86. The minimum Gasteiger partial charge on any atom is -0.339 e. The maximum Gasteiger partial charge on any atom is 0.256 e. The number of carbonyl (C=O) groups is 1. The first-order valence-corrected chi connectivity index (χ1v) is 7.56. The van der Waals surface area contributed by atoms with E-state index in [1.54, 1.807) is 23.2 Å². The fourth-order valence-electron chi connectivity index (χ4n) is 1.53. The van der Waals surface area contributed by atoms with Gasteiger partial charge in [-0.3, -0.25) is 4.79 Å². The van der Waals surface area contributed by atoms with Gasteiger partial charge in [-0.2, -0.15) is 11.8 Å². The van der Waals surface area contributed by atoms with Crippen LogP contribution in [0.4, 0.5) is 0 Å². The molecule has 0 aliphatic rings. The highest BCUT2D eigenvalue weighted by Gasteiger charge is 2.19. The number of amides is 1. The number of nitrogens with zero attached hydrogens (tertiary/aromatic N) is 2. The molecule has 1 aromatic heterocycles. The zero-order chi connectivity index (χ0) is 13.5. The van der Waals surface area contributed by atoms with E-state index in [1.165, 1.54) is 0 Å². The summed E-state index contributed by atoms with van der Waals surface area (Å²) in [5, 5.41) is 0.268. The Morgan fingerprint density at radius 1 is 1.61 bits per heavy atom. The predicted octanol–water partition coefficient (Wildman–Crippen LogP) is 3.34. The van der Waals surface area contributed by atoms with Crippen molar-refractivity contribution in [3.05, 3.63) is 29.0 Å². The highest BCUT2D eigenvalue weighted by molar-refractivity contribution is 7.99. The lowest BCUT2D eigenvalue weighted by atomic mass is 10.2. The summed E-state index contributed by atoms with van der Waals surface area (Å²) in [5.41, 5.74) is 0.469. The van der Waals surface area contributed by atoms with Crippen LogP contribution in [0, 0.1) is 0 Å². The van der Waals surface area contributed by atoms with E-state index in [1.807, 2.05) is 18.8 Å². The van der Waals surface area contributed by atoms with Gasteiger partial charge in [-0.1, -0.05) is 18.5 Å². The van der Waals surface area contributed by atoms with Crippen molar-refractivity contribution in [3.8, 4) is 0 Å². The molecular formula is C13H19ClN2OS. The number of aromatic nitrogens is 1. The monoisotopic (exact) mass is 286 g/mol. The molecular weight excluding hydrogens is 268 g/mol. The van der Waals surface area contributed by atoms with Gasteiger partial charge < -0.3 is 4.90 Å². The molecule has 1 amide bonds. The van der Waals surface area contributed by atoms with Gasteiger partial charge in [0.15, 0.2) is 0 Å². The van der Waals surface area contributed by atoms with Gasteiger partial charge in [0.25, 0.3) is 5.91 Å². The van der Waals surface area contributed by atoms with Crippen molar-refractivity contribution < 1.29 is 4.79 Å². The maximum atomic E-state index is 12.2. The Morgan fingerprint density at radius 3 is 2.94 bits per heavy atom. The molecule has 0 saturated heterocycles. The van der Waals surface area contributed by atoms with Gasteiger partial charge in [0.05, 0.1) is 5.56 Å². The molecule has 1 aromatic rings. The first-order chi connectivity index (χ1) is 8.57. The number of thioether (sulfide) groups is 1. The summed E-state index contributed by atoms with van der Waals surface area (Å²) in [6, 6.07) is 3.64. The smallest absolute Gasteiger partial charge is 0.256 e. The van der Waals surface area contributed by atoms with E-state index in [0.29, 0.717) is 5.56 Å². The molecule has 18 heavy (non-hydrogen) atoms. The zero-order valence-electron chi connectivity index (χ0n) is 11.0. The third kappa shape index (κ3) is 4.18. The van der Waals surface area contributed by atoms with E-state index in [0.717, 1.165) is 17.9 Å². The summed E-state index contributed by atoms with van der Waals surface area (Å²) in [4.78, 5) is 17.9. The SMILES string of the molecule is CCSCC[C@@H](C)N(C)C(=O)c1cccnc1Cl. The van der Waals surface area contributed by atoms with Gasteiger partial charge in [0.2, 0.25) is 0 Å². The van der Waals surface area contributed by atoms with E-state index >= 15 is 0 Å². The number of hydrogen-bond acceptors (Lipinski definition) is 3.